The van der Waals surface area contributed by atoms with Crippen molar-refractivity contribution in [1.29, 1.82) is 5.26 Å². The molecule has 0 unspecified atom stereocenters. The molecule has 48 heavy (non-hydrogen) atoms. The van der Waals surface area contributed by atoms with Gasteiger partial charge in [0.15, 0.2) is 17.2 Å². The predicted octanol–water partition coefficient (Wildman–Crippen LogP) is 3.05. The first kappa shape index (κ1) is 33.8. The molecule has 3 aromatic heterocycles. The maximum Gasteiger partial charge on any atom is 0.435 e. The number of hydrogen-bond acceptors (Lipinski definition) is 9. The fourth-order valence-corrected chi connectivity index (χ4v) is 5.81. The maximum atomic E-state index is 15.4. The zero-order valence-corrected chi connectivity index (χ0v) is 25.5. The second-order valence-corrected chi connectivity index (χ2v) is 11.3. The minimum Gasteiger partial charge on any atom is -0.483 e. The number of nitrogens with zero attached hydrogens (tertiary/aromatic N) is 8. The number of piperazine rings is 1. The number of fused-ring (bicyclic) bond motifs is 1. The quantitative estimate of drug-likeness (QED) is 0.203. The van der Waals surface area contributed by atoms with E-state index in [-0.39, 0.29) is 77.9 Å². The number of halogens is 4. The lowest BCUT2D eigenvalue weighted by Gasteiger charge is -2.40. The summed E-state index contributed by atoms with van der Waals surface area (Å²) in [4.78, 5) is 46.0. The van der Waals surface area contributed by atoms with Gasteiger partial charge in [0, 0.05) is 62.4 Å². The second-order valence-electron chi connectivity index (χ2n) is 11.3. The topological polar surface area (TPSA) is 188 Å². The number of aromatic nitrogens is 5. The number of carbonyl (C=O) groups excluding carboxylic acids is 2. The Morgan fingerprint density at radius 1 is 1.17 bits per heavy atom. The van der Waals surface area contributed by atoms with Crippen molar-refractivity contribution in [2.75, 3.05) is 31.5 Å². The molecule has 1 saturated heterocycles. The number of carboxylic acid groups (broad SMARTS) is 1. The van der Waals surface area contributed by atoms with Gasteiger partial charge < -0.3 is 26.0 Å². The summed E-state index contributed by atoms with van der Waals surface area (Å²) in [6, 6.07) is 4.54. The van der Waals surface area contributed by atoms with E-state index in [1.165, 1.54) is 27.9 Å². The van der Waals surface area contributed by atoms with Crippen molar-refractivity contribution in [3.63, 3.8) is 0 Å². The number of hydrogen-bond donors (Lipinski definition) is 3. The van der Waals surface area contributed by atoms with Gasteiger partial charge in [0.05, 0.1) is 29.1 Å². The van der Waals surface area contributed by atoms with Crippen LogP contribution in [0.5, 0.6) is 0 Å². The van der Waals surface area contributed by atoms with Crippen molar-refractivity contribution < 1.29 is 37.1 Å². The van der Waals surface area contributed by atoms with Crippen LogP contribution < -0.4 is 11.1 Å². The standard InChI is InChI=1S/C29H28F4N10O2.CH2O2/c1-16-10-19(13-21(30)23(16)28(45)41-8-6-40(7-9-41)27(44)17-11-18(35)12-17)38-25-26-37-14-22(43(26)5-3-36-25)20-15-42(4-2-34)39-24(20)29(31,32)33;2-1-3/h3,5,10,13-15,17-18H,4,6-9,11-12,35H2,1H3,(H,36,38);1H,(H,2,3). The summed E-state index contributed by atoms with van der Waals surface area (Å²) in [6.07, 6.45) is 1.68. The SMILES string of the molecule is Cc1cc(Nc2nccn3c(-c4cn(CC#N)nc4C(F)(F)F)cnc23)cc(F)c1C(=O)N1CCN(C(=O)C2CC(N)C2)CC1.O=CO. The van der Waals surface area contributed by atoms with Crippen molar-refractivity contribution in [2.45, 2.75) is 38.5 Å². The van der Waals surface area contributed by atoms with Crippen LogP contribution in [0.15, 0.2) is 36.9 Å². The van der Waals surface area contributed by atoms with Gasteiger partial charge in [-0.2, -0.15) is 23.5 Å². The Labute approximate surface area is 270 Å². The zero-order chi connectivity index (χ0) is 34.7. The van der Waals surface area contributed by atoms with E-state index in [2.05, 4.69) is 20.4 Å². The molecular weight excluding hydrogens is 640 g/mol. The third-order valence-corrected chi connectivity index (χ3v) is 8.13. The van der Waals surface area contributed by atoms with E-state index in [4.69, 9.17) is 20.9 Å². The van der Waals surface area contributed by atoms with Crippen molar-refractivity contribution in [2.24, 2.45) is 11.7 Å². The Bertz CT molecular complexity index is 1860. The zero-order valence-electron chi connectivity index (χ0n) is 25.5. The van der Waals surface area contributed by atoms with Crippen molar-refractivity contribution in [1.82, 2.24) is 33.9 Å². The lowest BCUT2D eigenvalue weighted by Crippen LogP contribution is -2.54. The summed E-state index contributed by atoms with van der Waals surface area (Å²) >= 11 is 0. The van der Waals surface area contributed by atoms with Gasteiger partial charge in [-0.05, 0) is 37.5 Å². The second kappa shape index (κ2) is 13.7. The molecule has 0 radical (unpaired) electrons. The monoisotopic (exact) mass is 670 g/mol. The molecule has 18 heteroatoms. The number of aryl methyl sites for hydroxylation is 1. The lowest BCUT2D eigenvalue weighted by atomic mass is 9.80. The van der Waals surface area contributed by atoms with Gasteiger partial charge >= 0.3 is 6.18 Å². The van der Waals surface area contributed by atoms with Crippen LogP contribution >= 0.6 is 0 Å². The summed E-state index contributed by atoms with van der Waals surface area (Å²) in [5.41, 5.74) is 5.10. The van der Waals surface area contributed by atoms with E-state index >= 15 is 4.39 Å². The van der Waals surface area contributed by atoms with Crippen molar-refractivity contribution >= 4 is 35.4 Å². The number of nitriles is 1. The third-order valence-electron chi connectivity index (χ3n) is 8.13. The number of alkyl halides is 3. The summed E-state index contributed by atoms with van der Waals surface area (Å²) in [5.74, 6) is -1.14. The average molecular weight is 671 g/mol. The molecule has 4 N–H and O–H groups in total. The summed E-state index contributed by atoms with van der Waals surface area (Å²) in [6.45, 7) is 2.26. The third kappa shape index (κ3) is 6.76. The van der Waals surface area contributed by atoms with Gasteiger partial charge in [0.25, 0.3) is 12.4 Å². The Morgan fingerprint density at radius 3 is 2.44 bits per heavy atom. The predicted molar refractivity (Wildman–Crippen MR) is 161 cm³/mol. The van der Waals surface area contributed by atoms with Gasteiger partial charge in [-0.25, -0.2) is 14.4 Å². The minimum atomic E-state index is -4.78. The van der Waals surface area contributed by atoms with Crippen LogP contribution in [0.3, 0.4) is 0 Å². The first-order chi connectivity index (χ1) is 22.9. The van der Waals surface area contributed by atoms with Crippen LogP contribution in [0.4, 0.5) is 29.1 Å². The highest BCUT2D eigenvalue weighted by molar-refractivity contribution is 5.97. The first-order valence-electron chi connectivity index (χ1n) is 14.7. The summed E-state index contributed by atoms with van der Waals surface area (Å²) < 4.78 is 59.0. The van der Waals surface area contributed by atoms with Gasteiger partial charge in [-0.15, -0.1) is 0 Å². The van der Waals surface area contributed by atoms with E-state index in [0.717, 1.165) is 16.9 Å². The highest BCUT2D eigenvalue weighted by Gasteiger charge is 2.39. The number of amides is 2. The molecule has 0 atom stereocenters. The van der Waals surface area contributed by atoms with Gasteiger partial charge in [0.2, 0.25) is 5.91 Å². The normalized spacial score (nSPS) is 17.6. The van der Waals surface area contributed by atoms with Crippen LogP contribution in [-0.2, 0) is 22.3 Å². The van der Waals surface area contributed by atoms with Gasteiger partial charge in [-0.3, -0.25) is 23.5 Å². The van der Waals surface area contributed by atoms with E-state index in [1.807, 2.05) is 0 Å². The summed E-state index contributed by atoms with van der Waals surface area (Å²) in [5, 5.41) is 22.3. The molecule has 14 nitrogen and oxygen atoms in total. The van der Waals surface area contributed by atoms with Crippen LogP contribution in [0.25, 0.3) is 16.9 Å². The molecule has 0 bridgehead atoms. The molecule has 2 aliphatic rings. The van der Waals surface area contributed by atoms with E-state index in [1.54, 1.807) is 24.0 Å². The molecule has 6 rings (SSSR count). The van der Waals surface area contributed by atoms with Crippen LogP contribution in [0.1, 0.15) is 34.5 Å². The van der Waals surface area contributed by atoms with Crippen LogP contribution in [-0.4, -0.2) is 89.6 Å². The Morgan fingerprint density at radius 2 is 1.83 bits per heavy atom. The number of carbonyl (C=O) groups is 3. The smallest absolute Gasteiger partial charge is 0.435 e. The number of rotatable bonds is 6. The van der Waals surface area contributed by atoms with Gasteiger partial charge in [-0.1, -0.05) is 0 Å². The van der Waals surface area contributed by atoms with Gasteiger partial charge in [0.1, 0.15) is 12.4 Å². The van der Waals surface area contributed by atoms with Crippen molar-refractivity contribution in [3.05, 3.63) is 59.6 Å². The number of anilines is 2. The lowest BCUT2D eigenvalue weighted by molar-refractivity contribution is -0.141. The van der Waals surface area contributed by atoms with E-state index in [0.29, 0.717) is 31.5 Å². The Balaban J connectivity index is 0.00000145. The molecule has 2 fully saturated rings. The highest BCUT2D eigenvalue weighted by Crippen LogP contribution is 2.37. The fourth-order valence-electron chi connectivity index (χ4n) is 5.81. The van der Waals surface area contributed by atoms with Crippen molar-refractivity contribution in [3.8, 4) is 17.3 Å². The minimum absolute atomic E-state index is 0.0460. The fraction of sp³-hybridized carbons (Fsp3) is 0.367. The Hall–Kier alpha value is -5.57. The first-order valence-corrected chi connectivity index (χ1v) is 14.7. The molecule has 1 aliphatic heterocycles. The largest absolute Gasteiger partial charge is 0.483 e. The van der Waals surface area contributed by atoms with E-state index < -0.39 is 23.6 Å². The average Bonchev–Trinajstić information content (AvgIpc) is 3.65. The number of imidazole rings is 1. The number of nitrogens with two attached hydrogens (primary N) is 1. The summed E-state index contributed by atoms with van der Waals surface area (Å²) in [7, 11) is 0. The number of benzene rings is 1. The molecule has 1 aromatic carbocycles. The highest BCUT2D eigenvalue weighted by atomic mass is 19.4. The molecule has 1 aliphatic carbocycles. The van der Waals surface area contributed by atoms with Crippen LogP contribution in [0, 0.1) is 30.0 Å². The molecule has 2 amide bonds. The molecule has 1 saturated carbocycles. The molecule has 4 aromatic rings. The molecular formula is C30H30F4N10O4. The molecule has 252 valence electrons. The van der Waals surface area contributed by atoms with Crippen LogP contribution in [0.2, 0.25) is 0 Å². The van der Waals surface area contributed by atoms with E-state index in [9.17, 15) is 22.8 Å². The molecule has 0 spiro atoms. The maximum absolute atomic E-state index is 15.4. The molecule has 4 heterocycles. The Kier molecular flexibility index (Phi) is 9.61. The number of nitrogens with one attached hydrogen (secondary N) is 1.